The second-order valence-corrected chi connectivity index (χ2v) is 16.2. The number of furan rings is 1. The van der Waals surface area contributed by atoms with Crippen LogP contribution in [0, 0.1) is 0 Å². The van der Waals surface area contributed by atoms with Gasteiger partial charge in [-0.15, -0.1) is 0 Å². The van der Waals surface area contributed by atoms with Crippen LogP contribution in [0.4, 0.5) is 0 Å². The van der Waals surface area contributed by atoms with Crippen molar-refractivity contribution in [1.82, 2.24) is 0 Å². The lowest BCUT2D eigenvalue weighted by Crippen LogP contribution is -2.43. The van der Waals surface area contributed by atoms with Crippen molar-refractivity contribution in [2.75, 3.05) is 0 Å². The Morgan fingerprint density at radius 2 is 0.667 bits per heavy atom. The molecule has 4 aliphatic rings. The molecule has 9 aromatic carbocycles. The van der Waals surface area contributed by atoms with Gasteiger partial charge in [-0.05, 0) is 101 Å². The van der Waals surface area contributed by atoms with Crippen molar-refractivity contribution in [3.63, 3.8) is 0 Å². The average molecular weight is 721 g/mol. The van der Waals surface area contributed by atoms with E-state index in [1.54, 1.807) is 0 Å². The summed E-state index contributed by atoms with van der Waals surface area (Å²) in [6.45, 7) is 0. The van der Waals surface area contributed by atoms with Crippen LogP contribution >= 0.6 is 0 Å². The minimum Gasteiger partial charge on any atom is -0.455 e. The van der Waals surface area contributed by atoms with E-state index in [1.165, 1.54) is 89.0 Å². The van der Waals surface area contributed by atoms with Gasteiger partial charge in [0.2, 0.25) is 0 Å². The molecule has 262 valence electrons. The second-order valence-electron chi connectivity index (χ2n) is 16.2. The highest BCUT2D eigenvalue weighted by Crippen LogP contribution is 2.73. The summed E-state index contributed by atoms with van der Waals surface area (Å²) in [6, 6.07) is 73.0. The molecule has 0 N–H and O–H groups in total. The van der Waals surface area contributed by atoms with E-state index in [0.29, 0.717) is 0 Å². The Balaban J connectivity index is 1.11. The van der Waals surface area contributed by atoms with Gasteiger partial charge in [-0.1, -0.05) is 188 Å². The van der Waals surface area contributed by atoms with Gasteiger partial charge < -0.3 is 4.42 Å². The third-order valence-electron chi connectivity index (χ3n) is 13.9. The summed E-state index contributed by atoms with van der Waals surface area (Å²) >= 11 is 0. The lowest BCUT2D eigenvalue weighted by molar-refractivity contribution is 0.646. The van der Waals surface area contributed by atoms with Crippen molar-refractivity contribution < 1.29 is 4.42 Å². The maximum atomic E-state index is 6.51. The topological polar surface area (TPSA) is 13.1 Å². The summed E-state index contributed by atoms with van der Waals surface area (Å²) in [5, 5.41) is 2.30. The van der Waals surface area contributed by atoms with Crippen LogP contribution < -0.4 is 0 Å². The lowest BCUT2D eigenvalue weighted by Gasteiger charge is -2.48. The standard InChI is InChI=1S/C56H32O/c1-5-23-45-37(13-1)38-14-2-6-24-46(38)55(45)48-26-11-17-35(33-29-31-34(32-30-33)36-18-9-22-44-40-16-4-8-28-50(40)57-54(36)44)52(48)56-47-25-7-3-15-39(47)41-19-10-20-42(51(41)56)43-21-12-27-49(55)53(43)56/h1-32H. The molecular weight excluding hydrogens is 689 g/mol. The average Bonchev–Trinajstić information content (AvgIpc) is 3.99. The molecule has 2 spiro atoms. The quantitative estimate of drug-likeness (QED) is 0.173. The van der Waals surface area contributed by atoms with E-state index >= 15 is 0 Å². The third kappa shape index (κ3) is 3.34. The lowest BCUT2D eigenvalue weighted by atomic mass is 9.52. The molecular formula is C56H32O. The molecule has 0 aliphatic heterocycles. The summed E-state index contributed by atoms with van der Waals surface area (Å²) in [6.07, 6.45) is 0. The van der Waals surface area contributed by atoms with Crippen LogP contribution in [0.25, 0.3) is 77.6 Å². The number of benzene rings is 9. The predicted octanol–water partition coefficient (Wildman–Crippen LogP) is 13.9. The van der Waals surface area contributed by atoms with Crippen LogP contribution in [0.2, 0.25) is 0 Å². The van der Waals surface area contributed by atoms with Crippen molar-refractivity contribution >= 4 is 21.9 Å². The number of fused-ring (bicyclic) bond motifs is 14. The molecule has 1 heterocycles. The predicted molar refractivity (Wildman–Crippen MR) is 232 cm³/mol. The number of hydrogen-bond donors (Lipinski definition) is 0. The van der Waals surface area contributed by atoms with Crippen molar-refractivity contribution in [1.29, 1.82) is 0 Å². The molecule has 0 saturated carbocycles. The second kappa shape index (κ2) is 10.3. The first-order valence-corrected chi connectivity index (χ1v) is 20.0. The van der Waals surface area contributed by atoms with Gasteiger partial charge in [0.25, 0.3) is 0 Å². The molecule has 10 aromatic rings. The molecule has 1 atom stereocenters. The van der Waals surface area contributed by atoms with Crippen LogP contribution in [-0.4, -0.2) is 0 Å². The number of para-hydroxylation sites is 2. The first-order chi connectivity index (χ1) is 28.3. The molecule has 0 bridgehead atoms. The van der Waals surface area contributed by atoms with E-state index in [-0.39, 0.29) is 0 Å². The summed E-state index contributed by atoms with van der Waals surface area (Å²) in [5.74, 6) is 0. The molecule has 0 radical (unpaired) electrons. The van der Waals surface area contributed by atoms with Gasteiger partial charge in [-0.25, -0.2) is 0 Å². The minimum atomic E-state index is -0.494. The van der Waals surface area contributed by atoms with Crippen LogP contribution in [0.5, 0.6) is 0 Å². The Bertz CT molecular complexity index is 3370. The molecule has 1 nitrogen and oxygen atoms in total. The molecule has 0 amide bonds. The van der Waals surface area contributed by atoms with Crippen LogP contribution in [0.3, 0.4) is 0 Å². The molecule has 0 fully saturated rings. The molecule has 14 rings (SSSR count). The summed E-state index contributed by atoms with van der Waals surface area (Å²) < 4.78 is 6.51. The summed E-state index contributed by atoms with van der Waals surface area (Å²) in [7, 11) is 0. The van der Waals surface area contributed by atoms with E-state index < -0.39 is 10.8 Å². The Morgan fingerprint density at radius 1 is 0.263 bits per heavy atom. The van der Waals surface area contributed by atoms with E-state index in [1.807, 2.05) is 6.07 Å². The Labute approximate surface area is 330 Å². The highest BCUT2D eigenvalue weighted by atomic mass is 16.3. The zero-order valence-electron chi connectivity index (χ0n) is 30.9. The van der Waals surface area contributed by atoms with Gasteiger partial charge in [0.05, 0.1) is 10.8 Å². The van der Waals surface area contributed by atoms with Crippen LogP contribution in [0.1, 0.15) is 44.5 Å². The van der Waals surface area contributed by atoms with Gasteiger partial charge in [-0.3, -0.25) is 0 Å². The smallest absolute Gasteiger partial charge is 0.143 e. The summed E-state index contributed by atoms with van der Waals surface area (Å²) in [5.41, 5.74) is 24.9. The first kappa shape index (κ1) is 30.1. The Morgan fingerprint density at radius 3 is 1.35 bits per heavy atom. The Kier molecular flexibility index (Phi) is 5.45. The highest BCUT2D eigenvalue weighted by molar-refractivity contribution is 6.10. The maximum Gasteiger partial charge on any atom is 0.143 e. The van der Waals surface area contributed by atoms with Gasteiger partial charge in [0, 0.05) is 16.3 Å². The van der Waals surface area contributed by atoms with Crippen molar-refractivity contribution in [3.05, 3.63) is 239 Å². The molecule has 1 unspecified atom stereocenters. The van der Waals surface area contributed by atoms with E-state index in [4.69, 9.17) is 4.42 Å². The Hall–Kier alpha value is -7.22. The van der Waals surface area contributed by atoms with Gasteiger partial charge in [0.15, 0.2) is 0 Å². The van der Waals surface area contributed by atoms with E-state index in [0.717, 1.165) is 33.1 Å². The molecule has 1 aromatic heterocycles. The zero-order valence-corrected chi connectivity index (χ0v) is 30.9. The maximum absolute atomic E-state index is 6.51. The fourth-order valence-corrected chi connectivity index (χ4v) is 12.0. The van der Waals surface area contributed by atoms with Crippen LogP contribution in [0.15, 0.2) is 199 Å². The third-order valence-corrected chi connectivity index (χ3v) is 13.9. The minimum absolute atomic E-state index is 0.476. The largest absolute Gasteiger partial charge is 0.455 e. The van der Waals surface area contributed by atoms with Gasteiger partial charge >= 0.3 is 0 Å². The van der Waals surface area contributed by atoms with Gasteiger partial charge in [0.1, 0.15) is 11.2 Å². The van der Waals surface area contributed by atoms with Crippen molar-refractivity contribution in [3.8, 4) is 55.6 Å². The first-order valence-electron chi connectivity index (χ1n) is 20.0. The highest BCUT2D eigenvalue weighted by Gasteiger charge is 2.63. The molecule has 0 saturated heterocycles. The molecule has 4 aliphatic carbocycles. The van der Waals surface area contributed by atoms with E-state index in [2.05, 4.69) is 188 Å². The molecule has 1 heteroatoms. The fourth-order valence-electron chi connectivity index (χ4n) is 12.0. The number of rotatable bonds is 2. The monoisotopic (exact) mass is 720 g/mol. The normalized spacial score (nSPS) is 16.6. The van der Waals surface area contributed by atoms with E-state index in [9.17, 15) is 0 Å². The van der Waals surface area contributed by atoms with Gasteiger partial charge in [-0.2, -0.15) is 0 Å². The fraction of sp³-hybridized carbons (Fsp3) is 0.0357. The zero-order chi connectivity index (χ0) is 37.0. The summed E-state index contributed by atoms with van der Waals surface area (Å²) in [4.78, 5) is 0. The van der Waals surface area contributed by atoms with Crippen LogP contribution in [-0.2, 0) is 10.8 Å². The van der Waals surface area contributed by atoms with Crippen molar-refractivity contribution in [2.45, 2.75) is 10.8 Å². The molecule has 57 heavy (non-hydrogen) atoms. The number of hydrogen-bond acceptors (Lipinski definition) is 1. The van der Waals surface area contributed by atoms with Crippen molar-refractivity contribution in [2.24, 2.45) is 0 Å². The SMILES string of the molecule is c1ccc2c(c1)-c1ccccc1C21c2cccc(-c3ccc(-c4cccc5c4oc4ccccc45)cc3)c2C23c4ccccc4-c4cccc(c42)-c2cccc1c23.